The fourth-order valence-electron chi connectivity index (χ4n) is 8.09. The third-order valence-corrected chi connectivity index (χ3v) is 9.96. The van der Waals surface area contributed by atoms with E-state index in [0.29, 0.717) is 0 Å². The molecule has 4 heterocycles. The molecule has 0 radical (unpaired) electrons. The van der Waals surface area contributed by atoms with Crippen molar-refractivity contribution in [1.29, 1.82) is 0 Å². The zero-order chi connectivity index (χ0) is 28.5. The summed E-state index contributed by atoms with van der Waals surface area (Å²) in [5.74, 6) is 0. The highest BCUT2D eigenvalue weighted by Gasteiger charge is 2.21. The summed E-state index contributed by atoms with van der Waals surface area (Å²) in [5.41, 5.74) is 12.7. The number of hydrogen-bond donors (Lipinski definition) is 0. The first-order chi connectivity index (χ1) is 21.8. The van der Waals surface area contributed by atoms with Crippen LogP contribution in [0.2, 0.25) is 0 Å². The van der Waals surface area contributed by atoms with Crippen molar-refractivity contribution in [3.8, 4) is 22.3 Å². The van der Waals surface area contributed by atoms with Gasteiger partial charge in [0.05, 0.1) is 33.1 Å². The van der Waals surface area contributed by atoms with Crippen LogP contribution in [0.5, 0.6) is 0 Å². The second-order valence-electron chi connectivity index (χ2n) is 12.2. The average Bonchev–Trinajstić information content (AvgIpc) is 3.81. The molecule has 11 rings (SSSR count). The molecule has 0 aliphatic rings. The van der Waals surface area contributed by atoms with Crippen molar-refractivity contribution in [2.24, 2.45) is 0 Å². The Labute approximate surface area is 252 Å². The van der Waals surface area contributed by atoms with E-state index >= 15 is 0 Å². The highest BCUT2D eigenvalue weighted by atomic mass is 14.9. The van der Waals surface area contributed by atoms with Gasteiger partial charge in [0.25, 0.3) is 0 Å². The minimum Gasteiger partial charge on any atom is -0.308 e. The van der Waals surface area contributed by atoms with Gasteiger partial charge < -0.3 is 8.80 Å². The lowest BCUT2D eigenvalue weighted by Gasteiger charge is -2.06. The van der Waals surface area contributed by atoms with Crippen LogP contribution >= 0.6 is 0 Å². The molecule has 44 heavy (non-hydrogen) atoms. The minimum absolute atomic E-state index is 1.25. The smallest absolute Gasteiger partial charge is 0.0620 e. The molecule has 4 aromatic heterocycles. The lowest BCUT2D eigenvalue weighted by Crippen LogP contribution is -1.83. The molecule has 0 amide bonds. The van der Waals surface area contributed by atoms with Crippen molar-refractivity contribution < 1.29 is 0 Å². The molecule has 0 saturated carbocycles. The summed E-state index contributed by atoms with van der Waals surface area (Å²) in [7, 11) is 0. The number of fused-ring (bicyclic) bond motifs is 12. The molecule has 0 spiro atoms. The number of aromatic nitrogens is 2. The van der Waals surface area contributed by atoms with E-state index in [2.05, 4.69) is 154 Å². The van der Waals surface area contributed by atoms with Gasteiger partial charge in [-0.2, -0.15) is 0 Å². The fourth-order valence-corrected chi connectivity index (χ4v) is 8.09. The highest BCUT2D eigenvalue weighted by Crippen LogP contribution is 2.44. The molecule has 0 aliphatic carbocycles. The van der Waals surface area contributed by atoms with Gasteiger partial charge >= 0.3 is 0 Å². The van der Waals surface area contributed by atoms with E-state index in [0.717, 1.165) is 0 Å². The molecule has 0 unspecified atom stereocenters. The summed E-state index contributed by atoms with van der Waals surface area (Å²) >= 11 is 0. The number of hydrogen-bond acceptors (Lipinski definition) is 0. The van der Waals surface area contributed by atoms with Gasteiger partial charge in [-0.3, -0.25) is 0 Å². The SMILES string of the molecule is c1ccc(-c2ccc3c(c2)c2cccc4c5cc(-c6cc7c8ccccc8n8c9ccccc9c(c6)c78)ccc5n3c24)cc1. The van der Waals surface area contributed by atoms with Crippen molar-refractivity contribution in [3.63, 3.8) is 0 Å². The number of benzene rings is 7. The fraction of sp³-hybridized carbons (Fsp3) is 0. The zero-order valence-electron chi connectivity index (χ0n) is 23.8. The summed E-state index contributed by atoms with van der Waals surface area (Å²) < 4.78 is 4.92. The highest BCUT2D eigenvalue weighted by molar-refractivity contribution is 6.26. The van der Waals surface area contributed by atoms with Gasteiger partial charge in [0.2, 0.25) is 0 Å². The molecule has 202 valence electrons. The van der Waals surface area contributed by atoms with Gasteiger partial charge in [-0.1, -0.05) is 97.1 Å². The molecular formula is C42H24N2. The second kappa shape index (κ2) is 7.94. The standard InChI is InChI=1S/C42H24N2/c1-2-9-25(10-3-1)26-17-19-39-33(21-26)31-13-8-14-32-34-22-27(18-20-40(34)44(39)41(31)32)28-23-35-29-11-4-6-15-37(29)43-38-16-7-5-12-30(38)36(24-28)42(35)43/h1-24H. The molecule has 0 N–H and O–H groups in total. The van der Waals surface area contributed by atoms with Crippen LogP contribution in [0.4, 0.5) is 0 Å². The van der Waals surface area contributed by atoms with Gasteiger partial charge in [-0.05, 0) is 70.8 Å². The third kappa shape index (κ3) is 2.72. The minimum atomic E-state index is 1.25. The van der Waals surface area contributed by atoms with Gasteiger partial charge in [0.1, 0.15) is 0 Å². The van der Waals surface area contributed by atoms with Crippen LogP contribution in [0.25, 0.3) is 98.4 Å². The maximum Gasteiger partial charge on any atom is 0.0620 e. The zero-order valence-corrected chi connectivity index (χ0v) is 23.8. The Morgan fingerprint density at radius 3 is 1.27 bits per heavy atom. The summed E-state index contributed by atoms with van der Waals surface area (Å²) in [6, 6.07) is 53.9. The van der Waals surface area contributed by atoms with Gasteiger partial charge in [0.15, 0.2) is 0 Å². The Bertz CT molecular complexity index is 2840. The van der Waals surface area contributed by atoms with Crippen molar-refractivity contribution in [3.05, 3.63) is 146 Å². The van der Waals surface area contributed by atoms with Crippen LogP contribution in [0.3, 0.4) is 0 Å². The number of rotatable bonds is 2. The van der Waals surface area contributed by atoms with E-state index in [1.807, 2.05) is 0 Å². The largest absolute Gasteiger partial charge is 0.308 e. The first-order valence-electron chi connectivity index (χ1n) is 15.3. The van der Waals surface area contributed by atoms with E-state index in [1.54, 1.807) is 0 Å². The van der Waals surface area contributed by atoms with E-state index in [-0.39, 0.29) is 0 Å². The number of nitrogens with zero attached hydrogens (tertiary/aromatic N) is 2. The first kappa shape index (κ1) is 22.7. The summed E-state index contributed by atoms with van der Waals surface area (Å²) in [5, 5.41) is 10.5. The Morgan fingerprint density at radius 1 is 0.250 bits per heavy atom. The monoisotopic (exact) mass is 556 g/mol. The molecule has 0 aliphatic heterocycles. The van der Waals surface area contributed by atoms with Gasteiger partial charge in [0, 0.05) is 43.1 Å². The first-order valence-corrected chi connectivity index (χ1v) is 15.3. The maximum atomic E-state index is 2.47. The van der Waals surface area contributed by atoms with Crippen molar-refractivity contribution in [2.75, 3.05) is 0 Å². The van der Waals surface area contributed by atoms with Crippen molar-refractivity contribution in [2.45, 2.75) is 0 Å². The second-order valence-corrected chi connectivity index (χ2v) is 12.2. The predicted octanol–water partition coefficient (Wildman–Crippen LogP) is 11.3. The molecular weight excluding hydrogens is 532 g/mol. The molecule has 11 aromatic rings. The molecule has 7 aromatic carbocycles. The molecule has 0 bridgehead atoms. The molecule has 0 fully saturated rings. The molecule has 0 atom stereocenters. The van der Waals surface area contributed by atoms with Crippen LogP contribution in [-0.4, -0.2) is 8.80 Å². The lowest BCUT2D eigenvalue weighted by molar-refractivity contribution is 1.37. The lowest BCUT2D eigenvalue weighted by atomic mass is 9.97. The summed E-state index contributed by atoms with van der Waals surface area (Å²) in [6.07, 6.45) is 0. The Kier molecular flexibility index (Phi) is 4.10. The van der Waals surface area contributed by atoms with E-state index in [4.69, 9.17) is 0 Å². The quantitative estimate of drug-likeness (QED) is 0.200. The Balaban J connectivity index is 1.19. The van der Waals surface area contributed by atoms with Crippen LogP contribution in [0, 0.1) is 0 Å². The summed E-state index contributed by atoms with van der Waals surface area (Å²) in [6.45, 7) is 0. The molecule has 2 heteroatoms. The molecule has 0 saturated heterocycles. The topological polar surface area (TPSA) is 8.82 Å². The Morgan fingerprint density at radius 2 is 0.682 bits per heavy atom. The van der Waals surface area contributed by atoms with E-state index in [9.17, 15) is 0 Å². The van der Waals surface area contributed by atoms with Gasteiger partial charge in [-0.25, -0.2) is 0 Å². The average molecular weight is 557 g/mol. The van der Waals surface area contributed by atoms with E-state index < -0.39 is 0 Å². The number of para-hydroxylation sites is 3. The van der Waals surface area contributed by atoms with Crippen molar-refractivity contribution in [1.82, 2.24) is 8.80 Å². The van der Waals surface area contributed by atoms with Gasteiger partial charge in [-0.15, -0.1) is 0 Å². The molecule has 2 nitrogen and oxygen atoms in total. The van der Waals surface area contributed by atoms with Crippen LogP contribution < -0.4 is 0 Å². The summed E-state index contributed by atoms with van der Waals surface area (Å²) in [4.78, 5) is 0. The van der Waals surface area contributed by atoms with Crippen LogP contribution in [-0.2, 0) is 0 Å². The van der Waals surface area contributed by atoms with Crippen LogP contribution in [0.1, 0.15) is 0 Å². The normalized spacial score (nSPS) is 12.5. The predicted molar refractivity (Wildman–Crippen MR) is 187 cm³/mol. The van der Waals surface area contributed by atoms with Crippen LogP contribution in [0.15, 0.2) is 146 Å². The van der Waals surface area contributed by atoms with E-state index in [1.165, 1.54) is 98.4 Å². The maximum absolute atomic E-state index is 2.47. The van der Waals surface area contributed by atoms with Crippen molar-refractivity contribution >= 4 is 76.2 Å². The third-order valence-electron chi connectivity index (χ3n) is 9.96. The Hall–Kier alpha value is -5.86.